The van der Waals surface area contributed by atoms with E-state index in [1.165, 1.54) is 0 Å². The van der Waals surface area contributed by atoms with Gasteiger partial charge in [-0.15, -0.1) is 0 Å². The van der Waals surface area contributed by atoms with E-state index in [9.17, 15) is 18.3 Å². The number of piperidine rings is 1. The van der Waals surface area contributed by atoms with Gasteiger partial charge in [-0.2, -0.15) is 17.4 Å². The molecule has 0 saturated carbocycles. The Labute approximate surface area is 120 Å². The second-order valence-electron chi connectivity index (χ2n) is 5.59. The molecule has 1 aliphatic rings. The van der Waals surface area contributed by atoms with E-state index in [1.54, 1.807) is 0 Å². The van der Waals surface area contributed by atoms with Gasteiger partial charge in [0.25, 0.3) is 10.2 Å². The highest BCUT2D eigenvalue weighted by Gasteiger charge is 2.37. The number of carboxylic acid groups (broad SMARTS) is 1. The molecule has 0 aromatic heterocycles. The molecule has 7 nitrogen and oxygen atoms in total. The standard InChI is InChI=1S/C12H24N2O5S/c1-9(2)7-10(8-15)13-20(18,19)14-6-4-3-5-11(14)12(16)17/h9-11,13,15H,3-8H2,1-2H3,(H,16,17). The Morgan fingerprint density at radius 1 is 1.40 bits per heavy atom. The molecule has 20 heavy (non-hydrogen) atoms. The Bertz CT molecular complexity index is 424. The molecule has 2 unspecified atom stereocenters. The average Bonchev–Trinajstić information content (AvgIpc) is 2.37. The Morgan fingerprint density at radius 3 is 2.55 bits per heavy atom. The topological polar surface area (TPSA) is 107 Å². The third-order valence-electron chi connectivity index (χ3n) is 3.34. The lowest BCUT2D eigenvalue weighted by Crippen LogP contribution is -2.54. The molecule has 0 aromatic rings. The molecule has 0 aromatic carbocycles. The van der Waals surface area contributed by atoms with Gasteiger partial charge in [-0.3, -0.25) is 4.79 Å². The number of aliphatic hydroxyl groups is 1. The van der Waals surface area contributed by atoms with Gasteiger partial charge in [-0.05, 0) is 31.6 Å². The predicted molar refractivity (Wildman–Crippen MR) is 74.4 cm³/mol. The van der Waals surface area contributed by atoms with Crippen LogP contribution in [0.1, 0.15) is 39.5 Å². The largest absolute Gasteiger partial charge is 0.480 e. The van der Waals surface area contributed by atoms with Gasteiger partial charge in [0.15, 0.2) is 0 Å². The first kappa shape index (κ1) is 17.4. The van der Waals surface area contributed by atoms with Crippen LogP contribution in [0.4, 0.5) is 0 Å². The van der Waals surface area contributed by atoms with Crippen molar-refractivity contribution >= 4 is 16.2 Å². The van der Waals surface area contributed by atoms with Gasteiger partial charge in [0.1, 0.15) is 6.04 Å². The van der Waals surface area contributed by atoms with Crippen LogP contribution < -0.4 is 4.72 Å². The van der Waals surface area contributed by atoms with E-state index in [2.05, 4.69) is 4.72 Å². The normalized spacial score (nSPS) is 22.9. The lowest BCUT2D eigenvalue weighted by Gasteiger charge is -2.33. The zero-order valence-corrected chi connectivity index (χ0v) is 12.8. The SMILES string of the molecule is CC(C)CC(CO)NS(=O)(=O)N1CCCCC1C(=O)O. The van der Waals surface area contributed by atoms with E-state index >= 15 is 0 Å². The minimum atomic E-state index is -3.89. The molecule has 0 bridgehead atoms. The summed E-state index contributed by atoms with van der Waals surface area (Å²) in [7, 11) is -3.89. The van der Waals surface area contributed by atoms with Crippen LogP contribution in [0.25, 0.3) is 0 Å². The first-order valence-electron chi connectivity index (χ1n) is 6.90. The summed E-state index contributed by atoms with van der Waals surface area (Å²) in [5, 5.41) is 18.4. The highest BCUT2D eigenvalue weighted by Crippen LogP contribution is 2.20. The third-order valence-corrected chi connectivity index (χ3v) is 5.03. The maximum atomic E-state index is 12.3. The van der Waals surface area contributed by atoms with Crippen molar-refractivity contribution in [1.82, 2.24) is 9.03 Å². The molecule has 1 heterocycles. The van der Waals surface area contributed by atoms with E-state index in [4.69, 9.17) is 5.11 Å². The molecule has 0 amide bonds. The van der Waals surface area contributed by atoms with Crippen molar-refractivity contribution in [3.05, 3.63) is 0 Å². The lowest BCUT2D eigenvalue weighted by atomic mass is 10.1. The van der Waals surface area contributed by atoms with Gasteiger partial charge in [0.2, 0.25) is 0 Å². The molecule has 3 N–H and O–H groups in total. The summed E-state index contributed by atoms with van der Waals surface area (Å²) in [6.45, 7) is 3.75. The van der Waals surface area contributed by atoms with Crippen molar-refractivity contribution in [2.24, 2.45) is 5.92 Å². The highest BCUT2D eigenvalue weighted by atomic mass is 32.2. The summed E-state index contributed by atoms with van der Waals surface area (Å²) < 4.78 is 28.0. The van der Waals surface area contributed by atoms with E-state index in [1.807, 2.05) is 13.8 Å². The van der Waals surface area contributed by atoms with Gasteiger partial charge in [-0.1, -0.05) is 13.8 Å². The van der Waals surface area contributed by atoms with Crippen molar-refractivity contribution in [2.45, 2.75) is 51.6 Å². The number of nitrogens with one attached hydrogen (secondary N) is 1. The summed E-state index contributed by atoms with van der Waals surface area (Å²) in [4.78, 5) is 11.2. The fraction of sp³-hybridized carbons (Fsp3) is 0.917. The Kier molecular flexibility index (Phi) is 6.38. The third kappa shape index (κ3) is 4.69. The molecule has 0 aliphatic carbocycles. The average molecular weight is 308 g/mol. The van der Waals surface area contributed by atoms with Crippen molar-refractivity contribution in [2.75, 3.05) is 13.2 Å². The molecular weight excluding hydrogens is 284 g/mol. The van der Waals surface area contributed by atoms with Crippen molar-refractivity contribution < 1.29 is 23.4 Å². The number of hydrogen-bond donors (Lipinski definition) is 3. The smallest absolute Gasteiger partial charge is 0.322 e. The highest BCUT2D eigenvalue weighted by molar-refractivity contribution is 7.87. The van der Waals surface area contributed by atoms with Crippen LogP contribution >= 0.6 is 0 Å². The Hall–Kier alpha value is -0.700. The van der Waals surface area contributed by atoms with Crippen LogP contribution in [0.15, 0.2) is 0 Å². The maximum Gasteiger partial charge on any atom is 0.322 e. The number of hydrogen-bond acceptors (Lipinski definition) is 4. The van der Waals surface area contributed by atoms with Crippen LogP contribution in [0.3, 0.4) is 0 Å². The number of aliphatic carboxylic acids is 1. The van der Waals surface area contributed by atoms with Crippen LogP contribution in [0.2, 0.25) is 0 Å². The number of rotatable bonds is 7. The number of nitrogens with zero attached hydrogens (tertiary/aromatic N) is 1. The fourth-order valence-electron chi connectivity index (χ4n) is 2.45. The summed E-state index contributed by atoms with van der Waals surface area (Å²) in [6, 6.07) is -1.60. The van der Waals surface area contributed by atoms with Gasteiger partial charge >= 0.3 is 5.97 Å². The molecular formula is C12H24N2O5S. The molecule has 0 spiro atoms. The van der Waals surface area contributed by atoms with Crippen LogP contribution in [0, 0.1) is 5.92 Å². The van der Waals surface area contributed by atoms with Crippen LogP contribution in [-0.2, 0) is 15.0 Å². The first-order chi connectivity index (χ1) is 9.27. The van der Waals surface area contributed by atoms with Crippen LogP contribution in [-0.4, -0.2) is 54.1 Å². The van der Waals surface area contributed by atoms with Gasteiger partial charge in [-0.25, -0.2) is 0 Å². The van der Waals surface area contributed by atoms with E-state index < -0.39 is 28.3 Å². The number of carbonyl (C=O) groups is 1. The zero-order valence-electron chi connectivity index (χ0n) is 11.9. The molecule has 1 saturated heterocycles. The molecule has 118 valence electrons. The minimum Gasteiger partial charge on any atom is -0.480 e. The Balaban J connectivity index is 2.82. The zero-order chi connectivity index (χ0) is 15.3. The number of carboxylic acids is 1. The summed E-state index contributed by atoms with van der Waals surface area (Å²) in [5.41, 5.74) is 0. The molecule has 1 fully saturated rings. The fourth-order valence-corrected chi connectivity index (χ4v) is 4.07. The van der Waals surface area contributed by atoms with E-state index in [0.29, 0.717) is 25.7 Å². The monoisotopic (exact) mass is 308 g/mol. The van der Waals surface area contributed by atoms with E-state index in [0.717, 1.165) is 4.31 Å². The number of aliphatic hydroxyl groups excluding tert-OH is 1. The van der Waals surface area contributed by atoms with Crippen molar-refractivity contribution in [3.8, 4) is 0 Å². The van der Waals surface area contributed by atoms with E-state index in [-0.39, 0.29) is 19.1 Å². The van der Waals surface area contributed by atoms with Gasteiger partial charge in [0, 0.05) is 12.6 Å². The molecule has 8 heteroatoms. The molecule has 2 atom stereocenters. The summed E-state index contributed by atoms with van der Waals surface area (Å²) >= 11 is 0. The van der Waals surface area contributed by atoms with Crippen molar-refractivity contribution in [1.29, 1.82) is 0 Å². The second-order valence-corrected chi connectivity index (χ2v) is 7.25. The second kappa shape index (κ2) is 7.35. The summed E-state index contributed by atoms with van der Waals surface area (Å²) in [5.74, 6) is -0.897. The van der Waals surface area contributed by atoms with Gasteiger partial charge in [0.05, 0.1) is 6.61 Å². The summed E-state index contributed by atoms with van der Waals surface area (Å²) in [6.07, 6.45) is 2.18. The van der Waals surface area contributed by atoms with Crippen molar-refractivity contribution in [3.63, 3.8) is 0 Å². The first-order valence-corrected chi connectivity index (χ1v) is 8.34. The predicted octanol–water partition coefficient (Wildman–Crippen LogP) is 0.167. The molecule has 1 aliphatic heterocycles. The molecule has 1 rings (SSSR count). The lowest BCUT2D eigenvalue weighted by molar-refractivity contribution is -0.142. The van der Waals surface area contributed by atoms with Gasteiger partial charge < -0.3 is 10.2 Å². The van der Waals surface area contributed by atoms with Crippen LogP contribution in [0.5, 0.6) is 0 Å². The Morgan fingerprint density at radius 2 is 2.05 bits per heavy atom. The quantitative estimate of drug-likeness (QED) is 0.621. The minimum absolute atomic E-state index is 0.201. The molecule has 0 radical (unpaired) electrons. The maximum absolute atomic E-state index is 12.3.